The Morgan fingerprint density at radius 1 is 1.05 bits per heavy atom. The number of halogens is 2. The molecule has 0 amide bonds. The molecule has 0 saturated carbocycles. The average molecular weight is 1030 g/mol. The van der Waals surface area contributed by atoms with Crippen molar-refractivity contribution in [1.82, 2.24) is 40.5 Å². The number of nitrogens with one attached hydrogen (secondary N) is 4. The van der Waals surface area contributed by atoms with E-state index in [1.54, 1.807) is 13.2 Å². The zero-order valence-corrected chi connectivity index (χ0v) is 46.4. The Morgan fingerprint density at radius 2 is 1.84 bits per heavy atom. The standard InChI is InChI=1S/C58H75ClFN10O2.C2H6/c1-37(2)62-21-15-48(61-8)31-47-14-20-63-40(5)50(47)29-38(3)42(7)69-24-18-45(19-25-69)57-39(4)28-43(30-51(57)60)34-68-26-27-70-55(36-68)58(59)54(66-70)35-67-22-16-44(17-23-67)46-10-12-53(56(32-46)72-9)65-52-13-11-49(71)33-64-41(52)6;1-2/h10,12,14-15,18,20-21,28-32,34,37,42,44,52,61-62,64-65H,6,11,13,16-17,19,22-27,33,35-36H2,1-5,7-9H3;1-2H3/q+1;/b21-15-,38-29+,48-31+,68-34?;. The number of ketones is 1. The number of anilines is 1. The zero-order chi connectivity index (χ0) is 53.1. The van der Waals surface area contributed by atoms with Crippen molar-refractivity contribution < 1.29 is 18.5 Å². The molecule has 8 rings (SSSR count). The van der Waals surface area contributed by atoms with Crippen molar-refractivity contribution >= 4 is 47.0 Å². The first-order chi connectivity index (χ1) is 35.7. The second-order valence-electron chi connectivity index (χ2n) is 20.3. The van der Waals surface area contributed by atoms with E-state index in [4.69, 9.17) is 21.4 Å². The third-order valence-corrected chi connectivity index (χ3v) is 15.4. The molecule has 12 nitrogen and oxygen atoms in total. The van der Waals surface area contributed by atoms with Crippen LogP contribution < -0.4 is 26.0 Å². The first-order valence-corrected chi connectivity index (χ1v) is 27.2. The van der Waals surface area contributed by atoms with E-state index in [1.165, 1.54) is 11.1 Å². The summed E-state index contributed by atoms with van der Waals surface area (Å²) in [4.78, 5) is 21.5. The molecule has 4 aromatic rings. The molecule has 6 heterocycles. The first kappa shape index (κ1) is 55.7. The van der Waals surface area contributed by atoms with Crippen molar-refractivity contribution in [2.45, 2.75) is 131 Å². The number of ether oxygens (including phenoxy) is 1. The van der Waals surface area contributed by atoms with Crippen LogP contribution >= 0.6 is 11.6 Å². The smallest absolute Gasteiger partial charge is 0.186 e. The highest BCUT2D eigenvalue weighted by atomic mass is 35.5. The fourth-order valence-corrected chi connectivity index (χ4v) is 10.8. The number of rotatable bonds is 16. The number of aromatic nitrogens is 3. The molecule has 2 aromatic carbocycles. The number of Topliss-reactive ketones (excluding diaryl/α,β-unsaturated/α-hetero) is 1. The molecule has 396 valence electrons. The molecule has 2 fully saturated rings. The van der Waals surface area contributed by atoms with E-state index in [2.05, 4.69) is 147 Å². The Kier molecular flexibility index (Phi) is 19.5. The third-order valence-electron chi connectivity index (χ3n) is 14.9. The van der Waals surface area contributed by atoms with Crippen molar-refractivity contribution in [1.29, 1.82) is 0 Å². The predicted octanol–water partition coefficient (Wildman–Crippen LogP) is 10.6. The molecule has 2 aromatic heterocycles. The van der Waals surface area contributed by atoms with E-state index in [0.29, 0.717) is 51.0 Å². The summed E-state index contributed by atoms with van der Waals surface area (Å²) in [5, 5.41) is 19.1. The van der Waals surface area contributed by atoms with E-state index in [0.717, 1.165) is 130 Å². The summed E-state index contributed by atoms with van der Waals surface area (Å²) in [5.74, 6) is 1.24. The number of carbonyl (C=O) groups excluding carboxylic acids is 1. The second kappa shape index (κ2) is 26.0. The van der Waals surface area contributed by atoms with E-state index < -0.39 is 0 Å². The number of likely N-dealkylation sites (tertiary alicyclic amines) is 1. The molecular formula is C60H81ClFN10O2+. The van der Waals surface area contributed by atoms with Crippen LogP contribution in [0.1, 0.15) is 130 Å². The monoisotopic (exact) mass is 1030 g/mol. The van der Waals surface area contributed by atoms with Gasteiger partial charge in [-0.15, -0.1) is 0 Å². The van der Waals surface area contributed by atoms with Gasteiger partial charge in [0.1, 0.15) is 23.8 Å². The fourth-order valence-electron chi connectivity index (χ4n) is 10.5. The number of pyridine rings is 1. The summed E-state index contributed by atoms with van der Waals surface area (Å²) in [7, 11) is 3.64. The minimum Gasteiger partial charge on any atom is -0.495 e. The number of fused-ring (bicyclic) bond motifs is 1. The Bertz CT molecular complexity index is 2770. The number of aryl methyl sites for hydroxylation is 2. The van der Waals surface area contributed by atoms with Crippen LogP contribution in [0.25, 0.3) is 17.7 Å². The third kappa shape index (κ3) is 13.8. The van der Waals surface area contributed by atoms with Gasteiger partial charge in [-0.2, -0.15) is 5.10 Å². The molecule has 0 bridgehead atoms. The minimum atomic E-state index is -0.179. The van der Waals surface area contributed by atoms with Crippen LogP contribution in [0, 0.1) is 19.7 Å². The van der Waals surface area contributed by atoms with Gasteiger partial charge in [0.15, 0.2) is 25.1 Å². The Balaban J connectivity index is 0.00000395. The Hall–Kier alpha value is -6.02. The van der Waals surface area contributed by atoms with Gasteiger partial charge < -0.3 is 26.0 Å². The molecule has 4 N–H and O–H groups in total. The number of hydrogen-bond acceptors (Lipinski definition) is 10. The number of nitrogens with zero attached hydrogens (tertiary/aromatic N) is 6. The summed E-state index contributed by atoms with van der Waals surface area (Å²) in [5.41, 5.74) is 14.0. The van der Waals surface area contributed by atoms with Gasteiger partial charge in [-0.3, -0.25) is 24.3 Å². The van der Waals surface area contributed by atoms with Crippen LogP contribution in [-0.2, 0) is 24.4 Å². The minimum absolute atomic E-state index is 0.0412. The number of allylic oxidation sites excluding steroid dienone is 1. The molecule has 4 aliphatic rings. The lowest BCUT2D eigenvalue weighted by Crippen LogP contribution is -2.37. The maximum absolute atomic E-state index is 16.2. The average Bonchev–Trinajstić information content (AvgIpc) is 3.60. The quantitative estimate of drug-likeness (QED) is 0.0639. The summed E-state index contributed by atoms with van der Waals surface area (Å²) in [6, 6.07) is 12.8. The van der Waals surface area contributed by atoms with Crippen LogP contribution in [0.4, 0.5) is 10.1 Å². The highest BCUT2D eigenvalue weighted by molar-refractivity contribution is 6.31. The van der Waals surface area contributed by atoms with Crippen LogP contribution in [-0.4, -0.2) is 113 Å². The van der Waals surface area contributed by atoms with Gasteiger partial charge in [-0.1, -0.05) is 55.8 Å². The van der Waals surface area contributed by atoms with Crippen molar-refractivity contribution in [2.24, 2.45) is 0 Å². The molecule has 2 saturated heterocycles. The molecule has 74 heavy (non-hydrogen) atoms. The molecule has 4 aliphatic heterocycles. The number of carbonyl (C=O) groups is 1. The first-order valence-electron chi connectivity index (χ1n) is 26.8. The maximum Gasteiger partial charge on any atom is 0.186 e. The topological polar surface area (TPSA) is 115 Å². The molecule has 14 heteroatoms. The largest absolute Gasteiger partial charge is 0.495 e. The number of benzene rings is 2. The van der Waals surface area contributed by atoms with E-state index in [-0.39, 0.29) is 23.7 Å². The van der Waals surface area contributed by atoms with Crippen LogP contribution in [0.15, 0.2) is 84.5 Å². The molecule has 0 aliphatic carbocycles. The maximum atomic E-state index is 16.2. The van der Waals surface area contributed by atoms with E-state index >= 15 is 4.39 Å². The molecule has 2 atom stereocenters. The predicted molar refractivity (Wildman–Crippen MR) is 303 cm³/mol. The van der Waals surface area contributed by atoms with Crippen molar-refractivity contribution in [3.05, 3.63) is 146 Å². The van der Waals surface area contributed by atoms with Gasteiger partial charge in [-0.05, 0) is 157 Å². The van der Waals surface area contributed by atoms with Crippen LogP contribution in [0.3, 0.4) is 0 Å². The SMILES string of the molecule is C=C1NCC(=O)CCC1Nc1ccc(C2CCN(Cc3nn4c(c3Cl)C[N+](=Cc3cc(C)c(C5=CCN(C(C)/C(C)=C/c6c(/C=C(\C=C/NC(C)C)NC)ccnc6C)CC5)c(F)c3)CC4)CC2)cc1OC.CC. The second-order valence-corrected chi connectivity index (χ2v) is 20.7. The van der Waals surface area contributed by atoms with E-state index in [1.807, 2.05) is 40.2 Å². The molecule has 2 unspecified atom stereocenters. The van der Waals surface area contributed by atoms with Crippen LogP contribution in [0.5, 0.6) is 5.75 Å². The van der Waals surface area contributed by atoms with Crippen molar-refractivity contribution in [3.8, 4) is 5.75 Å². The normalized spacial score (nSPS) is 19.4. The number of methoxy groups -OCH3 is 1. The number of piperidine rings is 1. The fraction of sp³-hybridized carbons (Fsp3) is 0.467. The summed E-state index contributed by atoms with van der Waals surface area (Å²) in [6.07, 6.45) is 18.7. The van der Waals surface area contributed by atoms with Gasteiger partial charge in [0.2, 0.25) is 0 Å². The van der Waals surface area contributed by atoms with E-state index in [9.17, 15) is 4.79 Å². The molecule has 0 radical (unpaired) electrons. The van der Waals surface area contributed by atoms with Gasteiger partial charge in [0.05, 0.1) is 36.1 Å². The Morgan fingerprint density at radius 3 is 2.54 bits per heavy atom. The lowest BCUT2D eigenvalue weighted by molar-refractivity contribution is -0.548. The summed E-state index contributed by atoms with van der Waals surface area (Å²) < 4.78 is 26.3. The number of hydrogen-bond donors (Lipinski definition) is 4. The summed E-state index contributed by atoms with van der Waals surface area (Å²) >= 11 is 7.11. The lowest BCUT2D eigenvalue weighted by Gasteiger charge is -2.33. The zero-order valence-electron chi connectivity index (χ0n) is 45.7. The molecular weight excluding hydrogens is 947 g/mol. The van der Waals surface area contributed by atoms with Crippen molar-refractivity contribution in [2.75, 3.05) is 58.7 Å². The van der Waals surface area contributed by atoms with Gasteiger partial charge in [-0.25, -0.2) is 8.97 Å². The van der Waals surface area contributed by atoms with Gasteiger partial charge in [0, 0.05) is 85.2 Å². The van der Waals surface area contributed by atoms with Gasteiger partial charge in [0.25, 0.3) is 0 Å². The number of likely N-dealkylation sites (N-methyl/N-ethyl adjacent to an activating group) is 1. The van der Waals surface area contributed by atoms with Gasteiger partial charge >= 0.3 is 0 Å². The summed E-state index contributed by atoms with van der Waals surface area (Å²) in [6.45, 7) is 27.5. The van der Waals surface area contributed by atoms with Crippen molar-refractivity contribution in [3.63, 3.8) is 0 Å². The molecule has 0 spiro atoms. The Labute approximate surface area is 445 Å². The lowest BCUT2D eigenvalue weighted by atomic mass is 9.89. The highest BCUT2D eigenvalue weighted by Gasteiger charge is 2.30. The van der Waals surface area contributed by atoms with Crippen LogP contribution in [0.2, 0.25) is 5.02 Å². The highest BCUT2D eigenvalue weighted by Crippen LogP contribution is 2.36.